The van der Waals surface area contributed by atoms with E-state index >= 15 is 0 Å². The maximum absolute atomic E-state index is 13.6. The number of nitrogens with one attached hydrogen (secondary N) is 1. The number of benzene rings is 2. The summed E-state index contributed by atoms with van der Waals surface area (Å²) >= 11 is 0. The van der Waals surface area contributed by atoms with Gasteiger partial charge in [-0.3, -0.25) is 9.59 Å². The molecule has 0 aliphatic rings. The predicted octanol–water partition coefficient (Wildman–Crippen LogP) is 2.65. The summed E-state index contributed by atoms with van der Waals surface area (Å²) in [5.41, 5.74) is 1.26. The van der Waals surface area contributed by atoms with Crippen molar-refractivity contribution >= 4 is 5.91 Å². The third kappa shape index (κ3) is 3.85. The summed E-state index contributed by atoms with van der Waals surface area (Å²) in [5, 5.41) is 6.84. The van der Waals surface area contributed by atoms with E-state index in [-0.39, 0.29) is 18.1 Å². The van der Waals surface area contributed by atoms with Gasteiger partial charge in [-0.1, -0.05) is 36.4 Å². The first-order valence-electron chi connectivity index (χ1n) is 8.24. The first kappa shape index (κ1) is 17.5. The number of nitrogens with zero attached hydrogens (tertiary/aromatic N) is 2. The maximum Gasteiger partial charge on any atom is 0.275 e. The molecule has 1 amide bonds. The third-order valence-corrected chi connectivity index (χ3v) is 3.96. The van der Waals surface area contributed by atoms with E-state index in [0.717, 1.165) is 5.69 Å². The van der Waals surface area contributed by atoms with Gasteiger partial charge in [-0.25, -0.2) is 9.07 Å². The Labute approximate surface area is 150 Å². The van der Waals surface area contributed by atoms with Gasteiger partial charge in [-0.05, 0) is 37.1 Å². The van der Waals surface area contributed by atoms with Crippen LogP contribution in [0.4, 0.5) is 4.39 Å². The van der Waals surface area contributed by atoms with Crippen LogP contribution < -0.4 is 10.7 Å². The molecule has 0 radical (unpaired) electrons. The molecule has 132 valence electrons. The number of carbonyl (C=O) groups excluding carboxylic acids is 1. The lowest BCUT2D eigenvalue weighted by molar-refractivity contribution is 0.0946. The molecule has 0 atom stereocenters. The largest absolute Gasteiger partial charge is 0.350 e. The van der Waals surface area contributed by atoms with Crippen molar-refractivity contribution in [2.45, 2.75) is 13.3 Å². The van der Waals surface area contributed by atoms with Crippen molar-refractivity contribution < 1.29 is 9.18 Å². The molecule has 0 saturated carbocycles. The molecule has 6 heteroatoms. The fourth-order valence-corrected chi connectivity index (χ4v) is 2.63. The van der Waals surface area contributed by atoms with Crippen molar-refractivity contribution in [1.29, 1.82) is 0 Å². The Morgan fingerprint density at radius 2 is 1.81 bits per heavy atom. The second kappa shape index (κ2) is 7.74. The Morgan fingerprint density at radius 1 is 1.12 bits per heavy atom. The van der Waals surface area contributed by atoms with Crippen LogP contribution in [0.5, 0.6) is 0 Å². The highest BCUT2D eigenvalue weighted by molar-refractivity contribution is 5.92. The average Bonchev–Trinajstić information content (AvgIpc) is 2.64. The van der Waals surface area contributed by atoms with Crippen LogP contribution in [0.15, 0.2) is 65.5 Å². The minimum atomic E-state index is -0.573. The number of amides is 1. The molecule has 5 nitrogen and oxygen atoms in total. The molecule has 3 aromatic rings. The second-order valence-corrected chi connectivity index (χ2v) is 5.84. The number of para-hydroxylation sites is 1. The van der Waals surface area contributed by atoms with Gasteiger partial charge in [0, 0.05) is 18.3 Å². The molecule has 3 rings (SSSR count). The van der Waals surface area contributed by atoms with E-state index in [4.69, 9.17) is 0 Å². The van der Waals surface area contributed by atoms with Crippen LogP contribution >= 0.6 is 0 Å². The molecule has 0 spiro atoms. The smallest absolute Gasteiger partial charge is 0.275 e. The molecule has 0 aliphatic carbocycles. The van der Waals surface area contributed by atoms with Crippen molar-refractivity contribution in [1.82, 2.24) is 15.1 Å². The van der Waals surface area contributed by atoms with Crippen molar-refractivity contribution in [3.63, 3.8) is 0 Å². The lowest BCUT2D eigenvalue weighted by Crippen LogP contribution is -2.33. The zero-order chi connectivity index (χ0) is 18.5. The molecule has 2 aromatic carbocycles. The Balaban J connectivity index is 1.77. The molecular formula is C20H18FN3O2. The molecule has 1 heterocycles. The molecule has 0 unspecified atom stereocenters. The lowest BCUT2D eigenvalue weighted by atomic mass is 10.1. The number of rotatable bonds is 5. The summed E-state index contributed by atoms with van der Waals surface area (Å²) in [6, 6.07) is 17.0. The number of hydrogen-bond donors (Lipinski definition) is 1. The normalized spacial score (nSPS) is 10.5. The van der Waals surface area contributed by atoms with E-state index in [1.54, 1.807) is 29.8 Å². The Bertz CT molecular complexity index is 984. The Morgan fingerprint density at radius 3 is 2.54 bits per heavy atom. The number of aryl methyl sites for hydroxylation is 1. The summed E-state index contributed by atoms with van der Waals surface area (Å²) in [4.78, 5) is 24.5. The topological polar surface area (TPSA) is 64.0 Å². The highest BCUT2D eigenvalue weighted by Gasteiger charge is 2.15. The van der Waals surface area contributed by atoms with Crippen LogP contribution in [-0.4, -0.2) is 22.2 Å². The van der Waals surface area contributed by atoms with Gasteiger partial charge >= 0.3 is 0 Å². The molecule has 0 fully saturated rings. The number of halogens is 1. The predicted molar refractivity (Wildman–Crippen MR) is 97.0 cm³/mol. The number of carbonyl (C=O) groups is 1. The molecule has 26 heavy (non-hydrogen) atoms. The number of aromatic nitrogens is 2. The van der Waals surface area contributed by atoms with Gasteiger partial charge in [0.25, 0.3) is 5.91 Å². The molecule has 1 N–H and O–H groups in total. The van der Waals surface area contributed by atoms with Gasteiger partial charge in [0.15, 0.2) is 5.69 Å². The first-order valence-corrected chi connectivity index (χ1v) is 8.24. The van der Waals surface area contributed by atoms with Gasteiger partial charge in [-0.15, -0.1) is 0 Å². The lowest BCUT2D eigenvalue weighted by Gasteiger charge is -2.11. The average molecular weight is 351 g/mol. The van der Waals surface area contributed by atoms with E-state index in [1.165, 1.54) is 12.1 Å². The van der Waals surface area contributed by atoms with Crippen molar-refractivity contribution in [2.75, 3.05) is 6.54 Å². The van der Waals surface area contributed by atoms with Crippen molar-refractivity contribution in [2.24, 2.45) is 0 Å². The molecular weight excluding hydrogens is 333 g/mol. The van der Waals surface area contributed by atoms with Crippen molar-refractivity contribution in [3.05, 3.63) is 93.7 Å². The van der Waals surface area contributed by atoms with E-state index in [1.807, 2.05) is 30.3 Å². The second-order valence-electron chi connectivity index (χ2n) is 5.84. The zero-order valence-electron chi connectivity index (χ0n) is 14.3. The summed E-state index contributed by atoms with van der Waals surface area (Å²) in [5.74, 6) is -0.891. The SMILES string of the molecule is Cc1cc(=O)c(C(=O)NCCc2ccccc2F)nn1-c1ccccc1. The highest BCUT2D eigenvalue weighted by atomic mass is 19.1. The van der Waals surface area contributed by atoms with Crippen LogP contribution in [0.2, 0.25) is 0 Å². The zero-order valence-corrected chi connectivity index (χ0v) is 14.3. The standard InChI is InChI=1S/C20H18FN3O2/c1-14-13-18(25)19(23-24(14)16-8-3-2-4-9-16)20(26)22-12-11-15-7-5-6-10-17(15)21/h2-10,13H,11-12H2,1H3,(H,22,26). The minimum Gasteiger partial charge on any atom is -0.350 e. The Hall–Kier alpha value is -3.28. The van der Waals surface area contributed by atoms with E-state index in [9.17, 15) is 14.0 Å². The Kier molecular flexibility index (Phi) is 5.22. The molecule has 0 bridgehead atoms. The summed E-state index contributed by atoms with van der Waals surface area (Å²) in [7, 11) is 0. The van der Waals surface area contributed by atoms with E-state index < -0.39 is 11.3 Å². The van der Waals surface area contributed by atoms with Gasteiger partial charge in [0.1, 0.15) is 5.82 Å². The highest BCUT2D eigenvalue weighted by Crippen LogP contribution is 2.08. The van der Waals surface area contributed by atoms with Crippen LogP contribution in [0.1, 0.15) is 21.7 Å². The minimum absolute atomic E-state index is 0.187. The quantitative estimate of drug-likeness (QED) is 0.769. The fraction of sp³-hybridized carbons (Fsp3) is 0.150. The van der Waals surface area contributed by atoms with Gasteiger partial charge in [0.2, 0.25) is 5.43 Å². The fourth-order valence-electron chi connectivity index (χ4n) is 2.63. The van der Waals surface area contributed by atoms with Crippen LogP contribution in [-0.2, 0) is 6.42 Å². The summed E-state index contributed by atoms with van der Waals surface area (Å²) in [6.45, 7) is 1.96. The molecule has 0 saturated heterocycles. The monoisotopic (exact) mass is 351 g/mol. The number of hydrogen-bond acceptors (Lipinski definition) is 3. The third-order valence-electron chi connectivity index (χ3n) is 3.96. The van der Waals surface area contributed by atoms with E-state index in [2.05, 4.69) is 10.4 Å². The van der Waals surface area contributed by atoms with Crippen LogP contribution in [0.25, 0.3) is 5.69 Å². The first-order chi connectivity index (χ1) is 12.6. The van der Waals surface area contributed by atoms with E-state index in [0.29, 0.717) is 17.7 Å². The summed E-state index contributed by atoms with van der Waals surface area (Å²) in [6.07, 6.45) is 0.331. The van der Waals surface area contributed by atoms with Gasteiger partial charge in [-0.2, -0.15) is 5.10 Å². The summed E-state index contributed by atoms with van der Waals surface area (Å²) < 4.78 is 15.2. The maximum atomic E-state index is 13.6. The molecule has 0 aliphatic heterocycles. The van der Waals surface area contributed by atoms with Crippen LogP contribution in [0.3, 0.4) is 0 Å². The van der Waals surface area contributed by atoms with Crippen LogP contribution in [0, 0.1) is 12.7 Å². The van der Waals surface area contributed by atoms with Gasteiger partial charge < -0.3 is 5.32 Å². The molecule has 1 aromatic heterocycles. The van der Waals surface area contributed by atoms with Crippen molar-refractivity contribution in [3.8, 4) is 5.69 Å². The van der Waals surface area contributed by atoms with Gasteiger partial charge in [0.05, 0.1) is 5.69 Å².